The second-order valence-electron chi connectivity index (χ2n) is 7.18. The SMILES string of the molecule is CCCn1ccnc1CC1(N)CC(C)CCC1C(C)C. The number of imidazole rings is 1. The van der Waals surface area contributed by atoms with Gasteiger partial charge in [-0.1, -0.05) is 34.1 Å². The molecule has 0 aliphatic heterocycles. The summed E-state index contributed by atoms with van der Waals surface area (Å²) >= 11 is 0. The number of nitrogens with two attached hydrogens (primary N) is 1. The van der Waals surface area contributed by atoms with E-state index in [1.807, 2.05) is 6.20 Å². The largest absolute Gasteiger partial charge is 0.335 e. The third-order valence-corrected chi connectivity index (χ3v) is 5.00. The summed E-state index contributed by atoms with van der Waals surface area (Å²) in [5.41, 5.74) is 6.82. The maximum absolute atomic E-state index is 6.90. The Labute approximate surface area is 124 Å². The van der Waals surface area contributed by atoms with Crippen LogP contribution in [0.2, 0.25) is 0 Å². The van der Waals surface area contributed by atoms with Gasteiger partial charge in [-0.2, -0.15) is 0 Å². The van der Waals surface area contributed by atoms with Gasteiger partial charge in [-0.15, -0.1) is 0 Å². The molecule has 20 heavy (non-hydrogen) atoms. The first-order valence-electron chi connectivity index (χ1n) is 8.25. The summed E-state index contributed by atoms with van der Waals surface area (Å²) in [6, 6.07) is 0. The van der Waals surface area contributed by atoms with Crippen molar-refractivity contribution in [3.05, 3.63) is 18.2 Å². The van der Waals surface area contributed by atoms with Crippen LogP contribution in [0.3, 0.4) is 0 Å². The van der Waals surface area contributed by atoms with Crippen molar-refractivity contribution < 1.29 is 0 Å². The number of aryl methyl sites for hydroxylation is 1. The molecule has 3 heteroatoms. The van der Waals surface area contributed by atoms with Gasteiger partial charge < -0.3 is 10.3 Å². The summed E-state index contributed by atoms with van der Waals surface area (Å²) in [6.07, 6.45) is 9.81. The molecule has 0 bridgehead atoms. The molecule has 3 atom stereocenters. The van der Waals surface area contributed by atoms with Gasteiger partial charge in [0.15, 0.2) is 0 Å². The van der Waals surface area contributed by atoms with Gasteiger partial charge in [-0.3, -0.25) is 0 Å². The molecule has 1 aromatic heterocycles. The van der Waals surface area contributed by atoms with Crippen LogP contribution in [-0.2, 0) is 13.0 Å². The molecule has 1 aliphatic rings. The van der Waals surface area contributed by atoms with Crippen molar-refractivity contribution >= 4 is 0 Å². The van der Waals surface area contributed by atoms with Crippen molar-refractivity contribution in [2.75, 3.05) is 0 Å². The van der Waals surface area contributed by atoms with Crippen molar-refractivity contribution in [1.29, 1.82) is 0 Å². The summed E-state index contributed by atoms with van der Waals surface area (Å²) in [5.74, 6) is 3.19. The highest BCUT2D eigenvalue weighted by Gasteiger charge is 2.41. The second kappa shape index (κ2) is 6.30. The van der Waals surface area contributed by atoms with Gasteiger partial charge in [0, 0.05) is 30.9 Å². The highest BCUT2D eigenvalue weighted by atomic mass is 15.1. The van der Waals surface area contributed by atoms with Crippen LogP contribution in [0, 0.1) is 17.8 Å². The third-order valence-electron chi connectivity index (χ3n) is 5.00. The van der Waals surface area contributed by atoms with Crippen LogP contribution in [0.5, 0.6) is 0 Å². The summed E-state index contributed by atoms with van der Waals surface area (Å²) in [7, 11) is 0. The molecule has 2 rings (SSSR count). The molecule has 1 fully saturated rings. The molecule has 1 aromatic rings. The zero-order valence-corrected chi connectivity index (χ0v) is 13.6. The molecule has 114 valence electrons. The number of hydrogen-bond donors (Lipinski definition) is 1. The Kier molecular flexibility index (Phi) is 4.90. The molecule has 0 saturated heterocycles. The zero-order chi connectivity index (χ0) is 14.8. The molecule has 0 radical (unpaired) electrons. The minimum atomic E-state index is -0.0807. The zero-order valence-electron chi connectivity index (χ0n) is 13.6. The Balaban J connectivity index is 2.20. The smallest absolute Gasteiger partial charge is 0.110 e. The summed E-state index contributed by atoms with van der Waals surface area (Å²) < 4.78 is 2.28. The van der Waals surface area contributed by atoms with Gasteiger partial charge in [0.05, 0.1) is 0 Å². The van der Waals surface area contributed by atoms with Crippen LogP contribution in [-0.4, -0.2) is 15.1 Å². The summed E-state index contributed by atoms with van der Waals surface area (Å²) in [5, 5.41) is 0. The monoisotopic (exact) mass is 277 g/mol. The maximum atomic E-state index is 6.90. The maximum Gasteiger partial charge on any atom is 0.110 e. The van der Waals surface area contributed by atoms with E-state index in [1.165, 1.54) is 18.7 Å². The van der Waals surface area contributed by atoms with Gasteiger partial charge in [0.1, 0.15) is 5.82 Å². The molecule has 1 aliphatic carbocycles. The van der Waals surface area contributed by atoms with E-state index in [1.54, 1.807) is 0 Å². The van der Waals surface area contributed by atoms with Crippen molar-refractivity contribution in [2.24, 2.45) is 23.5 Å². The highest BCUT2D eigenvalue weighted by molar-refractivity contribution is 5.06. The van der Waals surface area contributed by atoms with Crippen LogP contribution < -0.4 is 5.73 Å². The fourth-order valence-electron chi connectivity index (χ4n) is 4.10. The van der Waals surface area contributed by atoms with Crippen LogP contribution in [0.25, 0.3) is 0 Å². The van der Waals surface area contributed by atoms with Gasteiger partial charge >= 0.3 is 0 Å². The molecular weight excluding hydrogens is 246 g/mol. The Morgan fingerprint density at radius 3 is 2.85 bits per heavy atom. The van der Waals surface area contributed by atoms with Gasteiger partial charge in [-0.25, -0.2) is 4.98 Å². The van der Waals surface area contributed by atoms with Gasteiger partial charge in [-0.05, 0) is 37.0 Å². The van der Waals surface area contributed by atoms with E-state index in [0.717, 1.165) is 31.7 Å². The lowest BCUT2D eigenvalue weighted by molar-refractivity contribution is 0.107. The molecular formula is C17H31N3. The van der Waals surface area contributed by atoms with Crippen LogP contribution >= 0.6 is 0 Å². The Bertz CT molecular complexity index is 424. The van der Waals surface area contributed by atoms with Crippen molar-refractivity contribution in [3.8, 4) is 0 Å². The van der Waals surface area contributed by atoms with E-state index < -0.39 is 0 Å². The van der Waals surface area contributed by atoms with E-state index in [-0.39, 0.29) is 5.54 Å². The third kappa shape index (κ3) is 3.25. The normalized spacial score (nSPS) is 30.9. The topological polar surface area (TPSA) is 43.8 Å². The van der Waals surface area contributed by atoms with Crippen LogP contribution in [0.1, 0.15) is 59.2 Å². The second-order valence-corrected chi connectivity index (χ2v) is 7.18. The molecule has 1 saturated carbocycles. The first kappa shape index (κ1) is 15.6. The fraction of sp³-hybridized carbons (Fsp3) is 0.824. The lowest BCUT2D eigenvalue weighted by Gasteiger charge is -2.46. The molecule has 3 nitrogen and oxygen atoms in total. The Morgan fingerprint density at radius 1 is 1.45 bits per heavy atom. The summed E-state index contributed by atoms with van der Waals surface area (Å²) in [6.45, 7) is 10.2. The predicted molar refractivity (Wildman–Crippen MR) is 84.5 cm³/mol. The summed E-state index contributed by atoms with van der Waals surface area (Å²) in [4.78, 5) is 4.58. The van der Waals surface area contributed by atoms with Crippen LogP contribution in [0.4, 0.5) is 0 Å². The van der Waals surface area contributed by atoms with Crippen LogP contribution in [0.15, 0.2) is 12.4 Å². The van der Waals surface area contributed by atoms with Crippen molar-refractivity contribution in [2.45, 2.75) is 71.9 Å². The first-order chi connectivity index (χ1) is 9.46. The van der Waals surface area contributed by atoms with Crippen molar-refractivity contribution in [1.82, 2.24) is 9.55 Å². The molecule has 0 spiro atoms. The molecule has 2 N–H and O–H groups in total. The van der Waals surface area contributed by atoms with Gasteiger partial charge in [0.25, 0.3) is 0 Å². The average Bonchev–Trinajstić information content (AvgIpc) is 2.75. The van der Waals surface area contributed by atoms with Crippen molar-refractivity contribution in [3.63, 3.8) is 0 Å². The lowest BCUT2D eigenvalue weighted by atomic mass is 9.64. The predicted octanol–water partition coefficient (Wildman–Crippen LogP) is 3.63. The van der Waals surface area contributed by atoms with E-state index in [9.17, 15) is 0 Å². The first-order valence-corrected chi connectivity index (χ1v) is 8.25. The minimum Gasteiger partial charge on any atom is -0.335 e. The average molecular weight is 277 g/mol. The molecule has 0 amide bonds. The van der Waals surface area contributed by atoms with E-state index in [0.29, 0.717) is 11.8 Å². The molecule has 0 aromatic carbocycles. The fourth-order valence-corrected chi connectivity index (χ4v) is 4.10. The van der Waals surface area contributed by atoms with E-state index >= 15 is 0 Å². The highest BCUT2D eigenvalue weighted by Crippen LogP contribution is 2.41. The van der Waals surface area contributed by atoms with Gasteiger partial charge in [0.2, 0.25) is 0 Å². The standard InChI is InChI=1S/C17H31N3/c1-5-9-20-10-8-19-16(20)12-17(18)11-14(4)6-7-15(17)13(2)3/h8,10,13-15H,5-7,9,11-12,18H2,1-4H3. The number of rotatable bonds is 5. The molecule has 3 unspecified atom stereocenters. The molecule has 1 heterocycles. The Hall–Kier alpha value is -0.830. The quantitative estimate of drug-likeness (QED) is 0.893. The van der Waals surface area contributed by atoms with E-state index in [4.69, 9.17) is 5.73 Å². The lowest BCUT2D eigenvalue weighted by Crippen LogP contribution is -2.54. The number of hydrogen-bond acceptors (Lipinski definition) is 2. The number of aromatic nitrogens is 2. The van der Waals surface area contributed by atoms with E-state index in [2.05, 4.69) is 43.4 Å². The number of nitrogens with zero attached hydrogens (tertiary/aromatic N) is 2. The Morgan fingerprint density at radius 2 is 2.20 bits per heavy atom. The minimum absolute atomic E-state index is 0.0807.